The van der Waals surface area contributed by atoms with Crippen LogP contribution in [0.2, 0.25) is 0 Å². The molecule has 23 heavy (non-hydrogen) atoms. The van der Waals surface area contributed by atoms with Crippen LogP contribution in [0.15, 0.2) is 4.52 Å². The quantitative estimate of drug-likeness (QED) is 0.916. The van der Waals surface area contributed by atoms with Crippen LogP contribution in [-0.4, -0.2) is 54.4 Å². The van der Waals surface area contributed by atoms with Crippen molar-refractivity contribution in [3.8, 4) is 0 Å². The molecule has 1 aromatic heterocycles. The molecule has 7 heteroatoms. The Kier molecular flexibility index (Phi) is 5.48. The highest BCUT2D eigenvalue weighted by molar-refractivity contribution is 5.73. The van der Waals surface area contributed by atoms with Crippen molar-refractivity contribution in [2.45, 2.75) is 44.4 Å². The molecule has 0 aliphatic carbocycles. The Hall–Kier alpha value is -1.63. The Morgan fingerprint density at radius 2 is 2.00 bits per heavy atom. The molecule has 3 heterocycles. The van der Waals surface area contributed by atoms with Crippen LogP contribution in [0.5, 0.6) is 0 Å². The lowest BCUT2D eigenvalue weighted by molar-refractivity contribution is 0.0830. The van der Waals surface area contributed by atoms with E-state index in [9.17, 15) is 4.79 Å². The van der Waals surface area contributed by atoms with Crippen molar-refractivity contribution in [1.29, 1.82) is 0 Å². The average molecular weight is 322 g/mol. The molecule has 3 rings (SSSR count). The zero-order chi connectivity index (χ0) is 16.1. The van der Waals surface area contributed by atoms with Gasteiger partial charge in [0.25, 0.3) is 0 Å². The summed E-state index contributed by atoms with van der Waals surface area (Å²) in [5, 5.41) is 6.83. The van der Waals surface area contributed by atoms with Gasteiger partial charge in [0.2, 0.25) is 5.89 Å². The number of nitrogens with zero attached hydrogens (tertiary/aromatic N) is 3. The predicted molar refractivity (Wildman–Crippen MR) is 84.2 cm³/mol. The SMILES string of the molecule is CNC(=O)N1CCC(CCc2nc(C3CCOCC3)no2)CC1. The number of aryl methyl sites for hydroxylation is 1. The van der Waals surface area contributed by atoms with Crippen molar-refractivity contribution in [1.82, 2.24) is 20.4 Å². The van der Waals surface area contributed by atoms with Gasteiger partial charge in [-0.1, -0.05) is 5.16 Å². The fourth-order valence-corrected chi connectivity index (χ4v) is 3.40. The van der Waals surface area contributed by atoms with Crippen molar-refractivity contribution >= 4 is 6.03 Å². The molecule has 2 aliphatic rings. The van der Waals surface area contributed by atoms with Crippen LogP contribution in [0, 0.1) is 5.92 Å². The zero-order valence-corrected chi connectivity index (χ0v) is 13.8. The molecule has 2 saturated heterocycles. The maximum absolute atomic E-state index is 11.6. The lowest BCUT2D eigenvalue weighted by Crippen LogP contribution is -2.43. The van der Waals surface area contributed by atoms with Gasteiger partial charge in [0.15, 0.2) is 5.82 Å². The van der Waals surface area contributed by atoms with E-state index >= 15 is 0 Å². The summed E-state index contributed by atoms with van der Waals surface area (Å²) in [6.07, 6.45) is 5.95. The third-order valence-corrected chi connectivity index (χ3v) is 4.95. The number of likely N-dealkylation sites (tertiary alicyclic amines) is 1. The normalized spacial score (nSPS) is 20.7. The van der Waals surface area contributed by atoms with Gasteiger partial charge < -0.3 is 19.5 Å². The number of urea groups is 1. The second-order valence-electron chi connectivity index (χ2n) is 6.46. The molecule has 0 bridgehead atoms. The Morgan fingerprint density at radius 3 is 2.70 bits per heavy atom. The van der Waals surface area contributed by atoms with E-state index in [1.807, 2.05) is 4.90 Å². The minimum atomic E-state index is 0.0291. The van der Waals surface area contributed by atoms with E-state index in [-0.39, 0.29) is 6.03 Å². The summed E-state index contributed by atoms with van der Waals surface area (Å²) < 4.78 is 10.8. The minimum Gasteiger partial charge on any atom is -0.381 e. The van der Waals surface area contributed by atoms with E-state index in [1.54, 1.807) is 7.05 Å². The van der Waals surface area contributed by atoms with Crippen molar-refractivity contribution in [2.24, 2.45) is 5.92 Å². The number of hydrogen-bond donors (Lipinski definition) is 1. The first kappa shape index (κ1) is 16.2. The highest BCUT2D eigenvalue weighted by Gasteiger charge is 2.24. The summed E-state index contributed by atoms with van der Waals surface area (Å²) in [5.41, 5.74) is 0. The number of carbonyl (C=O) groups is 1. The van der Waals surface area contributed by atoms with Crippen molar-refractivity contribution in [3.05, 3.63) is 11.7 Å². The highest BCUT2D eigenvalue weighted by atomic mass is 16.5. The zero-order valence-electron chi connectivity index (χ0n) is 13.8. The van der Waals surface area contributed by atoms with E-state index in [0.717, 1.165) is 76.5 Å². The molecule has 0 atom stereocenters. The van der Waals surface area contributed by atoms with Crippen molar-refractivity contribution in [3.63, 3.8) is 0 Å². The molecule has 128 valence electrons. The Balaban J connectivity index is 1.42. The van der Waals surface area contributed by atoms with E-state index in [4.69, 9.17) is 9.26 Å². The molecule has 1 N–H and O–H groups in total. The molecule has 2 fully saturated rings. The van der Waals surface area contributed by atoms with E-state index in [1.165, 1.54) is 0 Å². The minimum absolute atomic E-state index is 0.0291. The third-order valence-electron chi connectivity index (χ3n) is 4.95. The molecule has 0 saturated carbocycles. The van der Waals surface area contributed by atoms with Gasteiger partial charge in [-0.2, -0.15) is 4.98 Å². The second-order valence-corrected chi connectivity index (χ2v) is 6.46. The smallest absolute Gasteiger partial charge is 0.317 e. The van der Waals surface area contributed by atoms with Gasteiger partial charge in [0.1, 0.15) is 0 Å². The molecule has 0 spiro atoms. The third kappa shape index (κ3) is 4.22. The number of carbonyl (C=O) groups excluding carboxylic acids is 1. The second kappa shape index (κ2) is 7.77. The Labute approximate surface area is 136 Å². The summed E-state index contributed by atoms with van der Waals surface area (Å²) in [7, 11) is 1.68. The number of piperidine rings is 1. The van der Waals surface area contributed by atoms with Crippen LogP contribution >= 0.6 is 0 Å². The highest BCUT2D eigenvalue weighted by Crippen LogP contribution is 2.26. The Bertz CT molecular complexity index is 505. The lowest BCUT2D eigenvalue weighted by Gasteiger charge is -2.31. The number of aromatic nitrogens is 2. The molecule has 2 aliphatic heterocycles. The van der Waals surface area contributed by atoms with Crippen molar-refractivity contribution < 1.29 is 14.1 Å². The molecule has 7 nitrogen and oxygen atoms in total. The van der Waals surface area contributed by atoms with Crippen LogP contribution < -0.4 is 5.32 Å². The predicted octanol–water partition coefficient (Wildman–Crippen LogP) is 1.95. The molecule has 0 aromatic carbocycles. The van der Waals surface area contributed by atoms with Gasteiger partial charge in [0.05, 0.1) is 0 Å². The van der Waals surface area contributed by atoms with Gasteiger partial charge in [-0.05, 0) is 38.0 Å². The van der Waals surface area contributed by atoms with Crippen LogP contribution in [-0.2, 0) is 11.2 Å². The number of rotatable bonds is 4. The molecular formula is C16H26N4O3. The van der Waals surface area contributed by atoms with Crippen molar-refractivity contribution in [2.75, 3.05) is 33.4 Å². The fraction of sp³-hybridized carbons (Fsp3) is 0.812. The fourth-order valence-electron chi connectivity index (χ4n) is 3.40. The summed E-state index contributed by atoms with van der Waals surface area (Å²) in [6.45, 7) is 3.25. The monoisotopic (exact) mass is 322 g/mol. The van der Waals surface area contributed by atoms with Crippen LogP contribution in [0.4, 0.5) is 4.79 Å². The van der Waals surface area contributed by atoms with Gasteiger partial charge >= 0.3 is 6.03 Å². The largest absolute Gasteiger partial charge is 0.381 e. The summed E-state index contributed by atoms with van der Waals surface area (Å²) >= 11 is 0. The van der Waals surface area contributed by atoms with Crippen LogP contribution in [0.3, 0.4) is 0 Å². The molecule has 1 aromatic rings. The Morgan fingerprint density at radius 1 is 1.26 bits per heavy atom. The van der Waals surface area contributed by atoms with E-state index < -0.39 is 0 Å². The maximum atomic E-state index is 11.6. The summed E-state index contributed by atoms with van der Waals surface area (Å²) in [5.74, 6) is 2.62. The first-order valence-electron chi connectivity index (χ1n) is 8.63. The van der Waals surface area contributed by atoms with E-state index in [0.29, 0.717) is 11.8 Å². The lowest BCUT2D eigenvalue weighted by atomic mass is 9.92. The van der Waals surface area contributed by atoms with Gasteiger partial charge in [0, 0.05) is 45.7 Å². The maximum Gasteiger partial charge on any atom is 0.317 e. The topological polar surface area (TPSA) is 80.5 Å². The number of hydrogen-bond acceptors (Lipinski definition) is 5. The molecule has 0 unspecified atom stereocenters. The van der Waals surface area contributed by atoms with Gasteiger partial charge in [-0.15, -0.1) is 0 Å². The van der Waals surface area contributed by atoms with Crippen LogP contribution in [0.25, 0.3) is 0 Å². The number of ether oxygens (including phenoxy) is 1. The molecule has 2 amide bonds. The van der Waals surface area contributed by atoms with E-state index in [2.05, 4.69) is 15.5 Å². The molecule has 0 radical (unpaired) electrons. The van der Waals surface area contributed by atoms with Gasteiger partial charge in [-0.25, -0.2) is 4.79 Å². The average Bonchev–Trinajstić information content (AvgIpc) is 3.09. The van der Waals surface area contributed by atoms with Crippen LogP contribution in [0.1, 0.15) is 49.7 Å². The number of nitrogens with one attached hydrogen (secondary N) is 1. The first-order chi connectivity index (χ1) is 11.3. The molecular weight excluding hydrogens is 296 g/mol. The first-order valence-corrected chi connectivity index (χ1v) is 8.63. The standard InChI is InChI=1S/C16H26N4O3/c1-17-16(21)20-8-4-12(5-9-20)2-3-14-18-15(19-23-14)13-6-10-22-11-7-13/h12-13H,2-11H2,1H3,(H,17,21). The van der Waals surface area contributed by atoms with Gasteiger partial charge in [-0.3, -0.25) is 0 Å². The summed E-state index contributed by atoms with van der Waals surface area (Å²) in [6, 6.07) is 0.0291. The number of amides is 2. The summed E-state index contributed by atoms with van der Waals surface area (Å²) in [4.78, 5) is 18.0.